The number of aromatic amines is 1. The summed E-state index contributed by atoms with van der Waals surface area (Å²) >= 11 is 1.34. The molecule has 0 aliphatic heterocycles. The molecular weight excluding hydrogens is 431 g/mol. The average Bonchev–Trinajstić information content (AvgIpc) is 3.15. The number of nitrogens with one attached hydrogen (secondary N) is 2. The first-order valence-electron chi connectivity index (χ1n) is 9.91. The Morgan fingerprint density at radius 1 is 1.19 bits per heavy atom. The maximum absolute atomic E-state index is 13.1. The third-order valence-electron chi connectivity index (χ3n) is 4.80. The highest BCUT2D eigenvalue weighted by atomic mass is 32.2. The van der Waals surface area contributed by atoms with Gasteiger partial charge in [-0.25, -0.2) is 14.1 Å². The molecule has 0 unspecified atom stereocenters. The predicted molar refractivity (Wildman–Crippen MR) is 122 cm³/mol. The third kappa shape index (κ3) is 5.02. The van der Waals surface area contributed by atoms with Crippen LogP contribution in [0.25, 0.3) is 11.2 Å². The van der Waals surface area contributed by atoms with E-state index in [4.69, 9.17) is 0 Å². The van der Waals surface area contributed by atoms with E-state index >= 15 is 0 Å². The Kier molecular flexibility index (Phi) is 6.31. The molecule has 1 amide bonds. The lowest BCUT2D eigenvalue weighted by molar-refractivity contribution is -0.113. The zero-order valence-corrected chi connectivity index (χ0v) is 18.4. The molecule has 2 N–H and O–H groups in total. The second kappa shape index (κ2) is 9.31. The van der Waals surface area contributed by atoms with E-state index in [1.54, 1.807) is 12.1 Å². The van der Waals surface area contributed by atoms with Crippen molar-refractivity contribution in [3.8, 4) is 0 Å². The van der Waals surface area contributed by atoms with Gasteiger partial charge in [0.15, 0.2) is 11.2 Å². The van der Waals surface area contributed by atoms with Crippen LogP contribution in [-0.2, 0) is 17.1 Å². The minimum Gasteiger partial charge on any atom is -0.325 e. The van der Waals surface area contributed by atoms with E-state index in [0.29, 0.717) is 23.8 Å². The van der Waals surface area contributed by atoms with Gasteiger partial charge in [0, 0.05) is 5.69 Å². The van der Waals surface area contributed by atoms with Crippen LogP contribution in [0.5, 0.6) is 0 Å². The van der Waals surface area contributed by atoms with Crippen LogP contribution in [-0.4, -0.2) is 36.6 Å². The molecule has 0 aliphatic rings. The number of fused-ring (bicyclic) bond motifs is 1. The second-order valence-corrected chi connectivity index (χ2v) is 8.40. The molecule has 0 fully saturated rings. The summed E-state index contributed by atoms with van der Waals surface area (Å²) < 4.78 is 14.6. The monoisotopic (exact) mass is 452 g/mol. The van der Waals surface area contributed by atoms with Crippen molar-refractivity contribution in [2.45, 2.75) is 26.1 Å². The Balaban J connectivity index is 1.42. The maximum Gasteiger partial charge on any atom is 0.281 e. The molecule has 4 rings (SSSR count). The van der Waals surface area contributed by atoms with Gasteiger partial charge in [-0.1, -0.05) is 35.0 Å². The van der Waals surface area contributed by atoms with E-state index in [2.05, 4.69) is 25.6 Å². The number of amides is 1. The Hall–Kier alpha value is -3.53. The standard InChI is InChI=1S/C22H21FN6O2S/c1-13-3-8-17(14(2)9-13)24-19(30)12-32-11-18-25-21-20(22(31)26-18)27-28-29(21)10-15-4-6-16(23)7-5-15/h3-9H,10-12H2,1-2H3,(H,24,30)(H,25,26,31). The number of H-pyrrole nitrogens is 1. The van der Waals surface area contributed by atoms with Crippen molar-refractivity contribution in [2.75, 3.05) is 11.1 Å². The summed E-state index contributed by atoms with van der Waals surface area (Å²) in [6, 6.07) is 11.8. The maximum atomic E-state index is 13.1. The molecule has 0 spiro atoms. The summed E-state index contributed by atoms with van der Waals surface area (Å²) in [7, 11) is 0. The number of rotatable bonds is 7. The van der Waals surface area contributed by atoms with Crippen LogP contribution in [0.3, 0.4) is 0 Å². The van der Waals surface area contributed by atoms with Crippen molar-refractivity contribution < 1.29 is 9.18 Å². The second-order valence-electron chi connectivity index (χ2n) is 7.42. The fraction of sp³-hybridized carbons (Fsp3) is 0.227. The van der Waals surface area contributed by atoms with Crippen LogP contribution < -0.4 is 10.9 Å². The SMILES string of the molecule is Cc1ccc(NC(=O)CSCc2nc3c(nnn3Cc3ccc(F)cc3)c(=O)[nH]2)c(C)c1. The number of hydrogen-bond acceptors (Lipinski definition) is 6. The molecule has 2 aromatic carbocycles. The summed E-state index contributed by atoms with van der Waals surface area (Å²) in [4.78, 5) is 31.8. The Labute approximate surface area is 187 Å². The summed E-state index contributed by atoms with van der Waals surface area (Å²) in [5.74, 6) is 0.519. The molecule has 0 saturated heterocycles. The first kappa shape index (κ1) is 21.7. The molecule has 4 aromatic rings. The number of halogens is 1. The topological polar surface area (TPSA) is 106 Å². The Morgan fingerprint density at radius 3 is 2.72 bits per heavy atom. The number of thioether (sulfide) groups is 1. The molecule has 10 heteroatoms. The molecule has 0 saturated carbocycles. The van der Waals surface area contributed by atoms with Gasteiger partial charge in [-0.3, -0.25) is 9.59 Å². The number of aryl methyl sites for hydroxylation is 2. The van der Waals surface area contributed by atoms with Crippen LogP contribution in [0.1, 0.15) is 22.5 Å². The van der Waals surface area contributed by atoms with Gasteiger partial charge in [0.25, 0.3) is 5.56 Å². The van der Waals surface area contributed by atoms with Gasteiger partial charge in [0.1, 0.15) is 11.6 Å². The van der Waals surface area contributed by atoms with E-state index in [1.807, 2.05) is 32.0 Å². The molecule has 0 bridgehead atoms. The largest absolute Gasteiger partial charge is 0.325 e. The van der Waals surface area contributed by atoms with E-state index in [-0.39, 0.29) is 23.0 Å². The van der Waals surface area contributed by atoms with Crippen molar-refractivity contribution >= 4 is 34.5 Å². The number of carbonyl (C=O) groups excluding carboxylic acids is 1. The minimum absolute atomic E-state index is 0.131. The summed E-state index contributed by atoms with van der Waals surface area (Å²) in [5.41, 5.74) is 3.80. The van der Waals surface area contributed by atoms with Gasteiger partial charge in [0.05, 0.1) is 18.1 Å². The molecule has 32 heavy (non-hydrogen) atoms. The number of aromatic nitrogens is 5. The van der Waals surface area contributed by atoms with Crippen LogP contribution in [0.15, 0.2) is 47.3 Å². The fourth-order valence-corrected chi connectivity index (χ4v) is 3.92. The van der Waals surface area contributed by atoms with Crippen LogP contribution in [0.2, 0.25) is 0 Å². The lowest BCUT2D eigenvalue weighted by atomic mass is 10.1. The summed E-state index contributed by atoms with van der Waals surface area (Å²) in [5, 5.41) is 10.8. The fourth-order valence-electron chi connectivity index (χ4n) is 3.23. The number of nitrogens with zero attached hydrogens (tertiary/aromatic N) is 4. The highest BCUT2D eigenvalue weighted by Crippen LogP contribution is 2.17. The zero-order chi connectivity index (χ0) is 22.7. The van der Waals surface area contributed by atoms with Crippen molar-refractivity contribution in [3.63, 3.8) is 0 Å². The van der Waals surface area contributed by atoms with Crippen LogP contribution in [0.4, 0.5) is 10.1 Å². The summed E-state index contributed by atoms with van der Waals surface area (Å²) in [6.07, 6.45) is 0. The lowest BCUT2D eigenvalue weighted by Crippen LogP contribution is -2.16. The Bertz CT molecular complexity index is 1330. The number of benzene rings is 2. The molecule has 2 aromatic heterocycles. The highest BCUT2D eigenvalue weighted by molar-refractivity contribution is 7.99. The zero-order valence-electron chi connectivity index (χ0n) is 17.6. The molecule has 164 valence electrons. The molecule has 2 heterocycles. The van der Waals surface area contributed by atoms with Gasteiger partial charge in [0.2, 0.25) is 5.91 Å². The van der Waals surface area contributed by atoms with Crippen molar-refractivity contribution in [2.24, 2.45) is 0 Å². The van der Waals surface area contributed by atoms with Gasteiger partial charge >= 0.3 is 0 Å². The first-order valence-corrected chi connectivity index (χ1v) is 11.1. The van der Waals surface area contributed by atoms with Crippen molar-refractivity contribution in [3.05, 3.63) is 81.2 Å². The average molecular weight is 453 g/mol. The van der Waals surface area contributed by atoms with E-state index in [0.717, 1.165) is 22.4 Å². The van der Waals surface area contributed by atoms with E-state index < -0.39 is 5.56 Å². The lowest BCUT2D eigenvalue weighted by Gasteiger charge is -2.09. The molecule has 8 nitrogen and oxygen atoms in total. The molecule has 0 atom stereocenters. The van der Waals surface area contributed by atoms with Gasteiger partial charge in [-0.15, -0.1) is 16.9 Å². The van der Waals surface area contributed by atoms with E-state index in [1.165, 1.54) is 28.6 Å². The predicted octanol–water partition coefficient (Wildman–Crippen LogP) is 3.19. The van der Waals surface area contributed by atoms with Crippen molar-refractivity contribution in [1.29, 1.82) is 0 Å². The summed E-state index contributed by atoms with van der Waals surface area (Å²) in [6.45, 7) is 4.25. The van der Waals surface area contributed by atoms with Crippen molar-refractivity contribution in [1.82, 2.24) is 25.0 Å². The molecule has 0 aliphatic carbocycles. The Morgan fingerprint density at radius 2 is 1.97 bits per heavy atom. The van der Waals surface area contributed by atoms with Gasteiger partial charge in [-0.2, -0.15) is 0 Å². The smallest absolute Gasteiger partial charge is 0.281 e. The first-order chi connectivity index (χ1) is 15.4. The van der Waals surface area contributed by atoms with Crippen LogP contribution in [0, 0.1) is 19.7 Å². The third-order valence-corrected chi connectivity index (χ3v) is 5.74. The van der Waals surface area contributed by atoms with E-state index in [9.17, 15) is 14.0 Å². The number of anilines is 1. The normalized spacial score (nSPS) is 11.1. The molecule has 0 radical (unpaired) electrons. The molecular formula is C22H21FN6O2S. The van der Waals surface area contributed by atoms with Gasteiger partial charge < -0.3 is 10.3 Å². The highest BCUT2D eigenvalue weighted by Gasteiger charge is 2.13. The van der Waals surface area contributed by atoms with Gasteiger partial charge in [-0.05, 0) is 43.2 Å². The number of hydrogen-bond donors (Lipinski definition) is 2. The minimum atomic E-state index is -0.393. The quantitative estimate of drug-likeness (QED) is 0.446. The van der Waals surface area contributed by atoms with Crippen LogP contribution >= 0.6 is 11.8 Å². The number of carbonyl (C=O) groups is 1.